The van der Waals surface area contributed by atoms with Crippen LogP contribution in [-0.4, -0.2) is 72.8 Å². The molecule has 8 nitrogen and oxygen atoms in total. The highest BCUT2D eigenvalue weighted by Gasteiger charge is 2.44. The largest absolute Gasteiger partial charge is 0.368 e. The molecule has 3 amide bonds. The number of unbranched alkanes of at least 4 members (excludes halogenated alkanes) is 1. The Kier molecular flexibility index (Phi) is 7.19. The van der Waals surface area contributed by atoms with Gasteiger partial charge in [0.1, 0.15) is 12.1 Å². The summed E-state index contributed by atoms with van der Waals surface area (Å²) in [6.45, 7) is 5.38. The number of imide groups is 1. The molecule has 36 heavy (non-hydrogen) atoms. The minimum atomic E-state index is -0.534. The third-order valence-electron chi connectivity index (χ3n) is 7.94. The molecule has 5 rings (SSSR count). The van der Waals surface area contributed by atoms with Gasteiger partial charge < -0.3 is 9.80 Å². The molecule has 3 aliphatic heterocycles. The Labute approximate surface area is 212 Å². The number of nitrogens with zero attached hydrogens (tertiary/aromatic N) is 4. The molecule has 2 atom stereocenters. The Bertz CT molecular complexity index is 1140. The highest BCUT2D eigenvalue weighted by molar-refractivity contribution is 6.02. The highest BCUT2D eigenvalue weighted by Crippen LogP contribution is 2.37. The highest BCUT2D eigenvalue weighted by atomic mass is 16.2. The second-order valence-corrected chi connectivity index (χ2v) is 10.1. The Hall–Kier alpha value is -3.44. The molecule has 0 saturated carbocycles. The van der Waals surface area contributed by atoms with Gasteiger partial charge in [-0.25, -0.2) is 0 Å². The number of para-hydroxylation sites is 1. The van der Waals surface area contributed by atoms with E-state index in [-0.39, 0.29) is 30.1 Å². The van der Waals surface area contributed by atoms with E-state index in [0.29, 0.717) is 19.4 Å². The van der Waals surface area contributed by atoms with Gasteiger partial charge in [-0.05, 0) is 61.9 Å². The first-order chi connectivity index (χ1) is 17.5. The number of amides is 3. The van der Waals surface area contributed by atoms with Gasteiger partial charge in [0.2, 0.25) is 17.7 Å². The van der Waals surface area contributed by atoms with Gasteiger partial charge in [0.15, 0.2) is 0 Å². The number of benzene rings is 1. The molecule has 1 aromatic carbocycles. The first-order valence-corrected chi connectivity index (χ1v) is 13.0. The number of hydrogen-bond acceptors (Lipinski definition) is 6. The molecule has 0 spiro atoms. The number of likely N-dealkylation sites (tertiary alicyclic amines) is 1. The fourth-order valence-corrected chi connectivity index (χ4v) is 5.94. The van der Waals surface area contributed by atoms with Gasteiger partial charge in [-0.15, -0.1) is 0 Å². The third-order valence-corrected chi connectivity index (χ3v) is 7.94. The third kappa shape index (κ3) is 4.93. The van der Waals surface area contributed by atoms with Crippen molar-refractivity contribution in [2.45, 2.75) is 44.6 Å². The maximum Gasteiger partial charge on any atom is 0.249 e. The summed E-state index contributed by atoms with van der Waals surface area (Å²) in [5.74, 6) is -0.725. The standard InChI is InChI=1S/C28H33N5O3/c29-18-21-7-1-2-10-24(21)32-16-14-31(15-17-32)13-4-3-6-20-8-5-9-22-23(20)19-33(28(22)36)25-11-12-26(34)30-27(25)35/h1-2,5,7-8,10,22,25H,3-4,6,9,11-17,19H2,(H,30,34,35). The Morgan fingerprint density at radius 1 is 1.06 bits per heavy atom. The number of rotatable bonds is 7. The van der Waals surface area contributed by atoms with E-state index in [4.69, 9.17) is 0 Å². The lowest BCUT2D eigenvalue weighted by Crippen LogP contribution is -2.53. The molecule has 1 aromatic rings. The number of carbonyl (C=O) groups excluding carboxylic acids is 3. The van der Waals surface area contributed by atoms with E-state index >= 15 is 0 Å². The van der Waals surface area contributed by atoms with E-state index < -0.39 is 6.04 Å². The number of anilines is 1. The summed E-state index contributed by atoms with van der Waals surface area (Å²) in [5.41, 5.74) is 4.18. The molecule has 4 aliphatic rings. The van der Waals surface area contributed by atoms with E-state index in [1.54, 1.807) is 4.90 Å². The van der Waals surface area contributed by atoms with Crippen molar-refractivity contribution < 1.29 is 14.4 Å². The van der Waals surface area contributed by atoms with Crippen molar-refractivity contribution in [3.63, 3.8) is 0 Å². The van der Waals surface area contributed by atoms with Crippen molar-refractivity contribution >= 4 is 23.4 Å². The molecule has 0 aromatic heterocycles. The maximum absolute atomic E-state index is 13.1. The fourth-order valence-electron chi connectivity index (χ4n) is 5.94. The second-order valence-electron chi connectivity index (χ2n) is 10.1. The van der Waals surface area contributed by atoms with Crippen molar-refractivity contribution in [2.75, 3.05) is 44.2 Å². The lowest BCUT2D eigenvalue weighted by Gasteiger charge is -2.36. The monoisotopic (exact) mass is 487 g/mol. The molecule has 0 bridgehead atoms. The van der Waals surface area contributed by atoms with Gasteiger partial charge >= 0.3 is 0 Å². The number of nitrogens with one attached hydrogen (secondary N) is 1. The zero-order valence-electron chi connectivity index (χ0n) is 20.6. The summed E-state index contributed by atoms with van der Waals surface area (Å²) in [4.78, 5) is 43.4. The average Bonchev–Trinajstić information content (AvgIpc) is 3.24. The molecule has 3 saturated heterocycles. The van der Waals surface area contributed by atoms with Crippen LogP contribution in [0.1, 0.15) is 44.1 Å². The van der Waals surface area contributed by atoms with Gasteiger partial charge in [-0.2, -0.15) is 5.26 Å². The van der Waals surface area contributed by atoms with E-state index in [9.17, 15) is 19.6 Å². The van der Waals surface area contributed by atoms with E-state index in [2.05, 4.69) is 33.3 Å². The predicted octanol–water partition coefficient (Wildman–Crippen LogP) is 2.37. The van der Waals surface area contributed by atoms with Crippen molar-refractivity contribution in [2.24, 2.45) is 5.92 Å². The van der Waals surface area contributed by atoms with Crippen LogP contribution in [-0.2, 0) is 14.4 Å². The minimum Gasteiger partial charge on any atom is -0.368 e. The van der Waals surface area contributed by atoms with Crippen LogP contribution in [0.25, 0.3) is 0 Å². The minimum absolute atomic E-state index is 0.0252. The van der Waals surface area contributed by atoms with E-state index in [0.717, 1.165) is 68.8 Å². The Morgan fingerprint density at radius 3 is 2.64 bits per heavy atom. The van der Waals surface area contributed by atoms with Crippen molar-refractivity contribution in [1.29, 1.82) is 5.26 Å². The zero-order valence-corrected chi connectivity index (χ0v) is 20.6. The van der Waals surface area contributed by atoms with Crippen LogP contribution < -0.4 is 10.2 Å². The van der Waals surface area contributed by atoms with E-state index in [1.807, 2.05) is 24.3 Å². The number of nitriles is 1. The van der Waals surface area contributed by atoms with Crippen LogP contribution in [0.2, 0.25) is 0 Å². The molecular weight excluding hydrogens is 454 g/mol. The van der Waals surface area contributed by atoms with Crippen molar-refractivity contribution in [1.82, 2.24) is 15.1 Å². The summed E-state index contributed by atoms with van der Waals surface area (Å²) in [5, 5.41) is 11.8. The number of hydrogen-bond donors (Lipinski definition) is 1. The van der Waals surface area contributed by atoms with Gasteiger partial charge in [-0.3, -0.25) is 24.6 Å². The van der Waals surface area contributed by atoms with Crippen molar-refractivity contribution in [3.8, 4) is 6.07 Å². The quantitative estimate of drug-likeness (QED) is 0.469. The molecule has 1 aliphatic carbocycles. The zero-order chi connectivity index (χ0) is 25.1. The number of piperazine rings is 1. The van der Waals surface area contributed by atoms with Gasteiger partial charge in [0.05, 0.1) is 17.2 Å². The van der Waals surface area contributed by atoms with Crippen LogP contribution in [0.3, 0.4) is 0 Å². The van der Waals surface area contributed by atoms with Crippen LogP contribution in [0.15, 0.2) is 47.6 Å². The smallest absolute Gasteiger partial charge is 0.249 e. The summed E-state index contributed by atoms with van der Waals surface area (Å²) in [6, 6.07) is 9.57. The maximum atomic E-state index is 13.1. The number of piperidine rings is 1. The van der Waals surface area contributed by atoms with Gasteiger partial charge in [0, 0.05) is 39.1 Å². The molecule has 8 heteroatoms. The van der Waals surface area contributed by atoms with Crippen LogP contribution in [0.4, 0.5) is 5.69 Å². The summed E-state index contributed by atoms with van der Waals surface area (Å²) in [7, 11) is 0. The molecule has 3 heterocycles. The van der Waals surface area contributed by atoms with Crippen LogP contribution in [0.5, 0.6) is 0 Å². The molecule has 188 valence electrons. The topological polar surface area (TPSA) is 96.8 Å². The summed E-state index contributed by atoms with van der Waals surface area (Å²) < 4.78 is 0. The van der Waals surface area contributed by atoms with Gasteiger partial charge in [-0.1, -0.05) is 24.3 Å². The molecule has 1 N–H and O–H groups in total. The van der Waals surface area contributed by atoms with Crippen LogP contribution >= 0.6 is 0 Å². The normalized spacial score (nSPS) is 24.7. The average molecular weight is 488 g/mol. The first-order valence-electron chi connectivity index (χ1n) is 13.0. The fraction of sp³-hybridized carbons (Fsp3) is 0.500. The molecule has 0 radical (unpaired) electrons. The van der Waals surface area contributed by atoms with E-state index in [1.165, 1.54) is 5.57 Å². The Morgan fingerprint density at radius 2 is 1.86 bits per heavy atom. The predicted molar refractivity (Wildman–Crippen MR) is 136 cm³/mol. The van der Waals surface area contributed by atoms with Crippen LogP contribution in [0, 0.1) is 17.2 Å². The lowest BCUT2D eigenvalue weighted by molar-refractivity contribution is -0.144. The second kappa shape index (κ2) is 10.7. The molecule has 3 fully saturated rings. The van der Waals surface area contributed by atoms with Crippen molar-refractivity contribution in [3.05, 3.63) is 53.1 Å². The summed E-state index contributed by atoms with van der Waals surface area (Å²) in [6.07, 6.45) is 8.73. The number of carbonyl (C=O) groups is 3. The molecule has 2 unspecified atom stereocenters. The first kappa shape index (κ1) is 24.3. The van der Waals surface area contributed by atoms with Gasteiger partial charge in [0.25, 0.3) is 0 Å². The lowest BCUT2D eigenvalue weighted by atomic mass is 9.87. The SMILES string of the molecule is N#Cc1ccccc1N1CCN(CCCCC2=C3CN(C4CCC(=O)NC4=O)C(=O)C3CC=C2)CC1. The number of fused-ring (bicyclic) bond motifs is 1. The Balaban J connectivity index is 1.11. The summed E-state index contributed by atoms with van der Waals surface area (Å²) >= 11 is 0. The number of allylic oxidation sites excluding steroid dienone is 3. The molecular formula is C28H33N5O3.